The third kappa shape index (κ3) is 4.62. The van der Waals surface area contributed by atoms with Gasteiger partial charge < -0.3 is 4.74 Å². The highest BCUT2D eigenvalue weighted by atomic mass is 127. The van der Waals surface area contributed by atoms with Gasteiger partial charge in [-0.2, -0.15) is 0 Å². The molecule has 1 aromatic carbocycles. The molecule has 0 aliphatic rings. The first-order chi connectivity index (χ1) is 6.33. The Morgan fingerprint density at radius 2 is 2.00 bits per heavy atom. The average Bonchev–Trinajstić information content (AvgIpc) is 2.17. The van der Waals surface area contributed by atoms with E-state index in [1.807, 2.05) is 18.2 Å². The van der Waals surface area contributed by atoms with Gasteiger partial charge in [-0.05, 0) is 18.9 Å². The lowest BCUT2D eigenvalue weighted by Crippen LogP contribution is -2.08. The number of alkyl halides is 1. The second-order valence-corrected chi connectivity index (χ2v) is 4.16. The van der Waals surface area contributed by atoms with Gasteiger partial charge in [0.05, 0.1) is 12.7 Å². The first-order valence-electron chi connectivity index (χ1n) is 4.54. The molecular weight excluding hydrogens is 275 g/mol. The Morgan fingerprint density at radius 3 is 2.62 bits per heavy atom. The van der Waals surface area contributed by atoms with Crippen LogP contribution >= 0.6 is 22.6 Å². The first-order valence-corrected chi connectivity index (χ1v) is 6.07. The molecule has 0 bridgehead atoms. The van der Waals surface area contributed by atoms with E-state index in [0.29, 0.717) is 6.10 Å². The summed E-state index contributed by atoms with van der Waals surface area (Å²) in [5.41, 5.74) is 1.25. The Kier molecular flexibility index (Phi) is 5.39. The topological polar surface area (TPSA) is 9.23 Å². The van der Waals surface area contributed by atoms with Crippen LogP contribution in [0.15, 0.2) is 30.3 Å². The van der Waals surface area contributed by atoms with Gasteiger partial charge in [0.15, 0.2) is 0 Å². The molecule has 0 radical (unpaired) electrons. The first kappa shape index (κ1) is 11.0. The zero-order valence-electron chi connectivity index (χ0n) is 7.87. The molecule has 0 spiro atoms. The van der Waals surface area contributed by atoms with Crippen molar-refractivity contribution in [1.29, 1.82) is 0 Å². The Morgan fingerprint density at radius 1 is 1.31 bits per heavy atom. The summed E-state index contributed by atoms with van der Waals surface area (Å²) in [6.07, 6.45) is 1.50. The van der Waals surface area contributed by atoms with E-state index < -0.39 is 0 Å². The average molecular weight is 290 g/mol. The Balaban J connectivity index is 2.27. The van der Waals surface area contributed by atoms with E-state index in [1.165, 1.54) is 5.56 Å². The van der Waals surface area contributed by atoms with E-state index in [4.69, 9.17) is 4.74 Å². The molecule has 0 aliphatic heterocycles. The van der Waals surface area contributed by atoms with E-state index in [9.17, 15) is 0 Å². The molecule has 0 N–H and O–H groups in total. The molecule has 0 heterocycles. The van der Waals surface area contributed by atoms with Gasteiger partial charge in [-0.3, -0.25) is 0 Å². The predicted octanol–water partition coefficient (Wildman–Crippen LogP) is 3.42. The van der Waals surface area contributed by atoms with Crippen molar-refractivity contribution < 1.29 is 4.74 Å². The van der Waals surface area contributed by atoms with E-state index in [1.54, 1.807) is 0 Å². The molecule has 1 nitrogen and oxygen atoms in total. The smallest absolute Gasteiger partial charge is 0.0720 e. The molecule has 0 aliphatic carbocycles. The van der Waals surface area contributed by atoms with E-state index in [2.05, 4.69) is 41.6 Å². The molecule has 0 unspecified atom stereocenters. The highest BCUT2D eigenvalue weighted by Crippen LogP contribution is 2.06. The maximum absolute atomic E-state index is 5.66. The van der Waals surface area contributed by atoms with Crippen LogP contribution in [0.1, 0.15) is 18.9 Å². The monoisotopic (exact) mass is 290 g/mol. The van der Waals surface area contributed by atoms with E-state index in [0.717, 1.165) is 17.5 Å². The van der Waals surface area contributed by atoms with Crippen LogP contribution in [0, 0.1) is 0 Å². The number of hydrogen-bond acceptors (Lipinski definition) is 1. The Labute approximate surface area is 93.6 Å². The highest BCUT2D eigenvalue weighted by molar-refractivity contribution is 14.1. The zero-order chi connectivity index (χ0) is 9.52. The van der Waals surface area contributed by atoms with Crippen LogP contribution in [-0.2, 0) is 11.3 Å². The summed E-state index contributed by atoms with van der Waals surface area (Å²) < 4.78 is 6.82. The van der Waals surface area contributed by atoms with Gasteiger partial charge in [0, 0.05) is 4.43 Å². The van der Waals surface area contributed by atoms with Crippen molar-refractivity contribution >= 4 is 22.6 Å². The van der Waals surface area contributed by atoms with Crippen molar-refractivity contribution in [3.8, 4) is 0 Å². The highest BCUT2D eigenvalue weighted by Gasteiger charge is 2.00. The molecule has 13 heavy (non-hydrogen) atoms. The SMILES string of the molecule is C[C@H](CCI)OCc1ccccc1. The number of rotatable bonds is 5. The molecule has 0 amide bonds. The van der Waals surface area contributed by atoms with Crippen LogP contribution in [0.2, 0.25) is 0 Å². The molecule has 1 aromatic rings. The quantitative estimate of drug-likeness (QED) is 0.596. The van der Waals surface area contributed by atoms with Crippen molar-refractivity contribution in [2.24, 2.45) is 0 Å². The number of ether oxygens (including phenoxy) is 1. The largest absolute Gasteiger partial charge is 0.374 e. The van der Waals surface area contributed by atoms with Crippen molar-refractivity contribution in [2.75, 3.05) is 4.43 Å². The second kappa shape index (κ2) is 6.38. The molecule has 2 heteroatoms. The normalized spacial score (nSPS) is 12.8. The summed E-state index contributed by atoms with van der Waals surface area (Å²) >= 11 is 2.38. The molecule has 0 fully saturated rings. The minimum atomic E-state index is 0.372. The molecule has 1 atom stereocenters. The maximum atomic E-state index is 5.66. The summed E-state index contributed by atoms with van der Waals surface area (Å²) in [6.45, 7) is 2.86. The van der Waals surface area contributed by atoms with Gasteiger partial charge in [0.2, 0.25) is 0 Å². The van der Waals surface area contributed by atoms with Crippen LogP contribution in [0.5, 0.6) is 0 Å². The van der Waals surface area contributed by atoms with E-state index in [-0.39, 0.29) is 0 Å². The maximum Gasteiger partial charge on any atom is 0.0720 e. The lowest BCUT2D eigenvalue weighted by atomic mass is 10.2. The van der Waals surface area contributed by atoms with Gasteiger partial charge in [-0.25, -0.2) is 0 Å². The van der Waals surface area contributed by atoms with Crippen LogP contribution in [-0.4, -0.2) is 10.5 Å². The summed E-state index contributed by atoms with van der Waals surface area (Å²) in [5, 5.41) is 0. The van der Waals surface area contributed by atoms with Gasteiger partial charge in [-0.1, -0.05) is 52.9 Å². The molecule has 0 aromatic heterocycles. The third-order valence-electron chi connectivity index (χ3n) is 1.89. The summed E-state index contributed by atoms with van der Waals surface area (Å²) in [4.78, 5) is 0. The molecular formula is C11H15IO. The van der Waals surface area contributed by atoms with Crippen LogP contribution in [0.25, 0.3) is 0 Å². The minimum absolute atomic E-state index is 0.372. The van der Waals surface area contributed by atoms with Crippen molar-refractivity contribution in [2.45, 2.75) is 26.1 Å². The summed E-state index contributed by atoms with van der Waals surface area (Å²) in [5.74, 6) is 0. The summed E-state index contributed by atoms with van der Waals surface area (Å²) in [7, 11) is 0. The van der Waals surface area contributed by atoms with Crippen molar-refractivity contribution in [3.05, 3.63) is 35.9 Å². The third-order valence-corrected chi connectivity index (χ3v) is 2.52. The zero-order valence-corrected chi connectivity index (χ0v) is 10.0. The Hall–Kier alpha value is -0.0900. The Bertz CT molecular complexity index is 223. The van der Waals surface area contributed by atoms with Crippen LogP contribution in [0.3, 0.4) is 0 Å². The molecule has 72 valence electrons. The molecule has 0 saturated carbocycles. The summed E-state index contributed by atoms with van der Waals surface area (Å²) in [6, 6.07) is 10.3. The van der Waals surface area contributed by atoms with Gasteiger partial charge in [0.1, 0.15) is 0 Å². The standard InChI is InChI=1S/C11H15IO/c1-10(7-8-12)13-9-11-5-3-2-4-6-11/h2-6,10H,7-9H2,1H3/t10-/m1/s1. The van der Waals surface area contributed by atoms with E-state index >= 15 is 0 Å². The van der Waals surface area contributed by atoms with Crippen molar-refractivity contribution in [1.82, 2.24) is 0 Å². The van der Waals surface area contributed by atoms with Crippen molar-refractivity contribution in [3.63, 3.8) is 0 Å². The van der Waals surface area contributed by atoms with Gasteiger partial charge >= 0.3 is 0 Å². The molecule has 0 saturated heterocycles. The van der Waals surface area contributed by atoms with Crippen LogP contribution in [0.4, 0.5) is 0 Å². The van der Waals surface area contributed by atoms with Crippen LogP contribution < -0.4 is 0 Å². The number of halogens is 1. The molecule has 1 rings (SSSR count). The fourth-order valence-electron chi connectivity index (χ4n) is 1.05. The van der Waals surface area contributed by atoms with Gasteiger partial charge in [0.25, 0.3) is 0 Å². The fraction of sp³-hybridized carbons (Fsp3) is 0.455. The predicted molar refractivity (Wildman–Crippen MR) is 64.2 cm³/mol. The number of benzene rings is 1. The lowest BCUT2D eigenvalue weighted by Gasteiger charge is -2.11. The minimum Gasteiger partial charge on any atom is -0.374 e. The second-order valence-electron chi connectivity index (χ2n) is 3.08. The lowest BCUT2D eigenvalue weighted by molar-refractivity contribution is 0.0520. The fourth-order valence-corrected chi connectivity index (χ4v) is 1.93. The number of hydrogen-bond donors (Lipinski definition) is 0. The van der Waals surface area contributed by atoms with Gasteiger partial charge in [-0.15, -0.1) is 0 Å².